The van der Waals surface area contributed by atoms with Crippen LogP contribution in [0.1, 0.15) is 34.3 Å². The van der Waals surface area contributed by atoms with E-state index in [1.165, 1.54) is 28.3 Å². The fourth-order valence-corrected chi connectivity index (χ4v) is 5.51. The van der Waals surface area contributed by atoms with E-state index in [1.807, 2.05) is 18.0 Å². The van der Waals surface area contributed by atoms with Crippen LogP contribution in [0.15, 0.2) is 41.8 Å². The number of piperidine rings is 1. The van der Waals surface area contributed by atoms with Crippen LogP contribution in [0.5, 0.6) is 0 Å². The molecule has 0 bridgehead atoms. The summed E-state index contributed by atoms with van der Waals surface area (Å²) in [6.07, 6.45) is 5.43. The lowest BCUT2D eigenvalue weighted by Crippen LogP contribution is -2.43. The van der Waals surface area contributed by atoms with Gasteiger partial charge in [-0.15, -0.1) is 10.2 Å². The number of carbonyl (C=O) groups excluding carboxylic acids is 2. The number of ketones is 1. The minimum Gasteiger partial charge on any atom is -0.341 e. The van der Waals surface area contributed by atoms with E-state index in [1.54, 1.807) is 10.9 Å². The summed E-state index contributed by atoms with van der Waals surface area (Å²) >= 11 is 1.39. The summed E-state index contributed by atoms with van der Waals surface area (Å²) in [4.78, 5) is 28.0. The largest absolute Gasteiger partial charge is 0.341 e. The third-order valence-corrected chi connectivity index (χ3v) is 7.30. The van der Waals surface area contributed by atoms with Crippen molar-refractivity contribution in [1.29, 1.82) is 0 Å². The van der Waals surface area contributed by atoms with E-state index in [0.29, 0.717) is 18.8 Å². The SMILES string of the molecule is Cn1cnnc1SCC(=O)N1CCCC(C(=O)c2ccc3c4c(cccc24)CC3)C1. The minimum atomic E-state index is -0.138. The summed E-state index contributed by atoms with van der Waals surface area (Å²) in [5.41, 5.74) is 3.50. The third kappa shape index (κ3) is 3.41. The Morgan fingerprint density at radius 3 is 2.80 bits per heavy atom. The maximum Gasteiger partial charge on any atom is 0.233 e. The van der Waals surface area contributed by atoms with Gasteiger partial charge in [-0.3, -0.25) is 9.59 Å². The summed E-state index contributed by atoms with van der Waals surface area (Å²) in [7, 11) is 1.86. The summed E-state index contributed by atoms with van der Waals surface area (Å²) in [5.74, 6) is 0.403. The quantitative estimate of drug-likeness (QED) is 0.468. The van der Waals surface area contributed by atoms with Gasteiger partial charge in [0.1, 0.15) is 6.33 Å². The van der Waals surface area contributed by atoms with Crippen LogP contribution in [0.25, 0.3) is 10.8 Å². The van der Waals surface area contributed by atoms with Gasteiger partial charge in [-0.2, -0.15) is 0 Å². The standard InChI is InChI=1S/C23H24N4O2S/c1-26-14-24-25-23(26)30-13-20(28)27-11-3-5-17(12-27)22(29)19-10-9-16-8-7-15-4-2-6-18(19)21(15)16/h2,4,6,9-10,14,17H,3,5,7-8,11-13H2,1H3. The number of hydrogen-bond donors (Lipinski definition) is 0. The molecule has 1 aliphatic carbocycles. The van der Waals surface area contributed by atoms with Gasteiger partial charge in [0.05, 0.1) is 5.75 Å². The Bertz CT molecular complexity index is 1130. The first-order chi connectivity index (χ1) is 14.6. The molecule has 0 radical (unpaired) electrons. The molecule has 1 atom stereocenters. The van der Waals surface area contributed by atoms with Gasteiger partial charge in [0.15, 0.2) is 10.9 Å². The molecular formula is C23H24N4O2S. The Morgan fingerprint density at radius 2 is 2.00 bits per heavy atom. The Labute approximate surface area is 179 Å². The van der Waals surface area contributed by atoms with Crippen molar-refractivity contribution in [2.75, 3.05) is 18.8 Å². The average molecular weight is 421 g/mol. The minimum absolute atomic E-state index is 0.0564. The molecule has 1 unspecified atom stereocenters. The topological polar surface area (TPSA) is 68.1 Å². The maximum absolute atomic E-state index is 13.4. The van der Waals surface area contributed by atoms with Crippen LogP contribution in [0.3, 0.4) is 0 Å². The van der Waals surface area contributed by atoms with Gasteiger partial charge in [0, 0.05) is 31.6 Å². The second-order valence-corrected chi connectivity index (χ2v) is 9.11. The van der Waals surface area contributed by atoms with Crippen molar-refractivity contribution in [1.82, 2.24) is 19.7 Å². The second kappa shape index (κ2) is 7.87. The molecular weight excluding hydrogens is 396 g/mol. The molecule has 1 aromatic heterocycles. The van der Waals surface area contributed by atoms with Gasteiger partial charge in [0.2, 0.25) is 5.91 Å². The van der Waals surface area contributed by atoms with Crippen molar-refractivity contribution < 1.29 is 9.59 Å². The number of likely N-dealkylation sites (tertiary alicyclic amines) is 1. The number of aryl methyl sites for hydroxylation is 3. The van der Waals surface area contributed by atoms with Crippen molar-refractivity contribution in [3.05, 3.63) is 53.3 Å². The van der Waals surface area contributed by atoms with E-state index in [4.69, 9.17) is 0 Å². The van der Waals surface area contributed by atoms with E-state index in [2.05, 4.69) is 34.5 Å². The molecule has 0 spiro atoms. The van der Waals surface area contributed by atoms with E-state index in [0.717, 1.165) is 41.8 Å². The lowest BCUT2D eigenvalue weighted by atomic mass is 9.87. The van der Waals surface area contributed by atoms with E-state index >= 15 is 0 Å². The summed E-state index contributed by atoms with van der Waals surface area (Å²) in [5, 5.41) is 10.9. The number of Topliss-reactive ketones (excluding diaryl/α,β-unsaturated/α-hetero) is 1. The smallest absolute Gasteiger partial charge is 0.233 e. The highest BCUT2D eigenvalue weighted by Crippen LogP contribution is 2.34. The van der Waals surface area contributed by atoms with E-state index < -0.39 is 0 Å². The zero-order valence-electron chi connectivity index (χ0n) is 17.0. The van der Waals surface area contributed by atoms with Crippen LogP contribution in [-0.2, 0) is 24.7 Å². The zero-order valence-corrected chi connectivity index (χ0v) is 17.8. The number of nitrogens with zero attached hydrogens (tertiary/aromatic N) is 4. The Morgan fingerprint density at radius 1 is 1.17 bits per heavy atom. The first-order valence-electron chi connectivity index (χ1n) is 10.4. The maximum atomic E-state index is 13.4. The number of hydrogen-bond acceptors (Lipinski definition) is 5. The highest BCUT2D eigenvalue weighted by Gasteiger charge is 2.30. The Kier molecular flexibility index (Phi) is 5.06. The van der Waals surface area contributed by atoms with Gasteiger partial charge < -0.3 is 9.47 Å². The number of amides is 1. The van der Waals surface area contributed by atoms with Crippen molar-refractivity contribution in [3.8, 4) is 0 Å². The highest BCUT2D eigenvalue weighted by atomic mass is 32.2. The summed E-state index contributed by atoms with van der Waals surface area (Å²) < 4.78 is 1.80. The lowest BCUT2D eigenvalue weighted by molar-refractivity contribution is -0.129. The van der Waals surface area contributed by atoms with Gasteiger partial charge in [-0.05, 0) is 47.6 Å². The lowest BCUT2D eigenvalue weighted by Gasteiger charge is -2.32. The molecule has 3 aromatic rings. The fraction of sp³-hybridized carbons (Fsp3) is 0.391. The summed E-state index contributed by atoms with van der Waals surface area (Å²) in [6, 6.07) is 10.4. The zero-order chi connectivity index (χ0) is 20.7. The molecule has 1 saturated heterocycles. The van der Waals surface area contributed by atoms with Crippen molar-refractivity contribution >= 4 is 34.2 Å². The average Bonchev–Trinajstić information content (AvgIpc) is 3.39. The van der Waals surface area contributed by atoms with Crippen LogP contribution in [-0.4, -0.2) is 50.2 Å². The Balaban J connectivity index is 1.32. The number of rotatable bonds is 5. The molecule has 2 aromatic carbocycles. The molecule has 6 nitrogen and oxygen atoms in total. The van der Waals surface area contributed by atoms with Gasteiger partial charge in [0.25, 0.3) is 0 Å². The predicted molar refractivity (Wildman–Crippen MR) is 117 cm³/mol. The van der Waals surface area contributed by atoms with E-state index in [9.17, 15) is 9.59 Å². The molecule has 1 amide bonds. The fourth-order valence-electron chi connectivity index (χ4n) is 4.72. The molecule has 2 aliphatic rings. The molecule has 5 rings (SSSR count). The molecule has 1 fully saturated rings. The van der Waals surface area contributed by atoms with Gasteiger partial charge >= 0.3 is 0 Å². The van der Waals surface area contributed by atoms with Crippen LogP contribution in [0, 0.1) is 5.92 Å². The van der Waals surface area contributed by atoms with Crippen LogP contribution >= 0.6 is 11.8 Å². The molecule has 30 heavy (non-hydrogen) atoms. The predicted octanol–water partition coefficient (Wildman–Crippen LogP) is 3.28. The second-order valence-electron chi connectivity index (χ2n) is 8.17. The van der Waals surface area contributed by atoms with Crippen LogP contribution in [0.4, 0.5) is 0 Å². The van der Waals surface area contributed by atoms with Gasteiger partial charge in [-0.25, -0.2) is 0 Å². The first kappa shape index (κ1) is 19.3. The molecule has 154 valence electrons. The molecule has 0 saturated carbocycles. The first-order valence-corrected chi connectivity index (χ1v) is 11.4. The van der Waals surface area contributed by atoms with E-state index in [-0.39, 0.29) is 17.6 Å². The van der Waals surface area contributed by atoms with Crippen LogP contribution < -0.4 is 0 Å². The van der Waals surface area contributed by atoms with Crippen LogP contribution in [0.2, 0.25) is 0 Å². The molecule has 2 heterocycles. The van der Waals surface area contributed by atoms with Gasteiger partial charge in [-0.1, -0.05) is 42.1 Å². The van der Waals surface area contributed by atoms with Crippen molar-refractivity contribution in [3.63, 3.8) is 0 Å². The monoisotopic (exact) mass is 420 g/mol. The normalized spacial score (nSPS) is 18.2. The number of thioether (sulfide) groups is 1. The Hall–Kier alpha value is -2.67. The molecule has 0 N–H and O–H groups in total. The van der Waals surface area contributed by atoms with Crippen molar-refractivity contribution in [2.45, 2.75) is 30.8 Å². The molecule has 7 heteroatoms. The third-order valence-electron chi connectivity index (χ3n) is 6.28. The number of aromatic nitrogens is 3. The number of benzene rings is 2. The van der Waals surface area contributed by atoms with Crippen molar-refractivity contribution in [2.24, 2.45) is 13.0 Å². The molecule has 1 aliphatic heterocycles. The highest BCUT2D eigenvalue weighted by molar-refractivity contribution is 7.99. The summed E-state index contributed by atoms with van der Waals surface area (Å²) in [6.45, 7) is 1.21. The number of carbonyl (C=O) groups is 2.